The van der Waals surface area contributed by atoms with Crippen molar-refractivity contribution in [3.8, 4) is 11.5 Å². The molecule has 0 aliphatic carbocycles. The number of benzene rings is 2. The topological polar surface area (TPSA) is 76.7 Å². The third-order valence-corrected chi connectivity index (χ3v) is 4.38. The van der Waals surface area contributed by atoms with Crippen molar-refractivity contribution in [2.75, 3.05) is 19.0 Å². The summed E-state index contributed by atoms with van der Waals surface area (Å²) in [4.78, 5) is 24.7. The number of fused-ring (bicyclic) bond motifs is 1. The summed E-state index contributed by atoms with van der Waals surface area (Å²) in [6.45, 7) is 4.23. The maximum atomic E-state index is 12.4. The Labute approximate surface area is 158 Å². The number of hydrogen-bond donors (Lipinski definition) is 2. The maximum Gasteiger partial charge on any atom is 0.255 e. The molecule has 0 fully saturated rings. The number of hydrogen-bond acceptors (Lipinski definition) is 4. The van der Waals surface area contributed by atoms with E-state index in [1.807, 2.05) is 26.0 Å². The number of methoxy groups -OCH3 is 1. The fourth-order valence-corrected chi connectivity index (χ4v) is 2.99. The summed E-state index contributed by atoms with van der Waals surface area (Å²) >= 11 is 0. The molecule has 27 heavy (non-hydrogen) atoms. The first-order chi connectivity index (χ1) is 13.0. The number of ether oxygens (including phenoxy) is 2. The molecule has 2 aromatic rings. The molecule has 2 amide bonds. The van der Waals surface area contributed by atoms with E-state index in [4.69, 9.17) is 9.47 Å². The zero-order valence-electron chi connectivity index (χ0n) is 15.7. The van der Waals surface area contributed by atoms with Crippen molar-refractivity contribution < 1.29 is 19.1 Å². The highest BCUT2D eigenvalue weighted by Gasteiger charge is 2.26. The Balaban J connectivity index is 1.70. The molecule has 0 saturated heterocycles. The van der Waals surface area contributed by atoms with E-state index in [1.54, 1.807) is 37.4 Å². The normalized spacial score (nSPS) is 15.5. The zero-order chi connectivity index (χ0) is 19.4. The number of carbonyl (C=O) groups excluding carboxylic acids is 2. The molecule has 2 aromatic carbocycles. The van der Waals surface area contributed by atoms with Crippen LogP contribution in [0.15, 0.2) is 42.5 Å². The molecule has 3 rings (SSSR count). The summed E-state index contributed by atoms with van der Waals surface area (Å²) in [6, 6.07) is 12.5. The van der Waals surface area contributed by atoms with Crippen molar-refractivity contribution in [1.82, 2.24) is 5.32 Å². The van der Waals surface area contributed by atoms with Crippen molar-refractivity contribution in [3.63, 3.8) is 0 Å². The lowest BCUT2D eigenvalue weighted by Gasteiger charge is -2.26. The quantitative estimate of drug-likeness (QED) is 0.851. The van der Waals surface area contributed by atoms with Gasteiger partial charge in [-0.2, -0.15) is 0 Å². The van der Waals surface area contributed by atoms with Gasteiger partial charge in [-0.15, -0.1) is 0 Å². The summed E-state index contributed by atoms with van der Waals surface area (Å²) in [5.74, 6) is 1.01. The number of carbonyl (C=O) groups is 2. The molecule has 1 atom stereocenters. The Bertz CT molecular complexity index is 831. The molecule has 0 spiro atoms. The van der Waals surface area contributed by atoms with E-state index in [0.29, 0.717) is 30.0 Å². The van der Waals surface area contributed by atoms with Crippen LogP contribution < -0.4 is 20.1 Å². The third-order valence-electron chi connectivity index (χ3n) is 4.38. The molecule has 6 heteroatoms. The van der Waals surface area contributed by atoms with Crippen LogP contribution in [0, 0.1) is 5.92 Å². The average molecular weight is 368 g/mol. The van der Waals surface area contributed by atoms with Gasteiger partial charge in [0.2, 0.25) is 5.91 Å². The fraction of sp³-hybridized carbons (Fsp3) is 0.333. The van der Waals surface area contributed by atoms with E-state index in [1.165, 1.54) is 0 Å². The van der Waals surface area contributed by atoms with Gasteiger partial charge in [0.15, 0.2) is 0 Å². The van der Waals surface area contributed by atoms with E-state index >= 15 is 0 Å². The highest BCUT2D eigenvalue weighted by Crippen LogP contribution is 2.30. The van der Waals surface area contributed by atoms with Gasteiger partial charge >= 0.3 is 0 Å². The second kappa shape index (κ2) is 8.12. The van der Waals surface area contributed by atoms with Crippen LogP contribution in [0.5, 0.6) is 11.5 Å². The van der Waals surface area contributed by atoms with Crippen molar-refractivity contribution in [2.24, 2.45) is 5.92 Å². The lowest BCUT2D eigenvalue weighted by Crippen LogP contribution is -2.40. The number of rotatable bonds is 5. The van der Waals surface area contributed by atoms with Crippen LogP contribution in [0.25, 0.3) is 0 Å². The molecule has 0 bridgehead atoms. The first-order valence-electron chi connectivity index (χ1n) is 8.97. The lowest BCUT2D eigenvalue weighted by atomic mass is 9.95. The smallest absolute Gasteiger partial charge is 0.255 e. The summed E-state index contributed by atoms with van der Waals surface area (Å²) in [7, 11) is 1.58. The molecule has 0 saturated carbocycles. The van der Waals surface area contributed by atoms with Crippen LogP contribution in [0.3, 0.4) is 0 Å². The van der Waals surface area contributed by atoms with Gasteiger partial charge in [-0.05, 0) is 68.3 Å². The molecule has 1 heterocycles. The number of amides is 2. The number of nitrogens with one attached hydrogen (secondary N) is 2. The molecule has 0 aromatic heterocycles. The summed E-state index contributed by atoms with van der Waals surface area (Å²) in [6.07, 6.45) is 0.583. The highest BCUT2D eigenvalue weighted by atomic mass is 16.5. The molecular formula is C21H24N2O4. The predicted molar refractivity (Wildman–Crippen MR) is 103 cm³/mol. The van der Waals surface area contributed by atoms with Gasteiger partial charge in [-0.25, -0.2) is 0 Å². The Kier molecular flexibility index (Phi) is 5.64. The second-order valence-electron chi connectivity index (χ2n) is 6.88. The van der Waals surface area contributed by atoms with E-state index in [9.17, 15) is 9.59 Å². The molecule has 6 nitrogen and oxygen atoms in total. The predicted octanol–water partition coefficient (Wildman–Crippen LogP) is 3.02. The van der Waals surface area contributed by atoms with Crippen LogP contribution in [0.1, 0.15) is 29.8 Å². The third kappa shape index (κ3) is 4.58. The van der Waals surface area contributed by atoms with Gasteiger partial charge < -0.3 is 20.1 Å². The van der Waals surface area contributed by atoms with E-state index in [0.717, 1.165) is 11.3 Å². The lowest BCUT2D eigenvalue weighted by molar-refractivity contribution is -0.126. The SMILES string of the molecule is COc1ccc(C(=O)Nc2ccc3c(c2)C[C@@H](C(=O)NC(C)C)CO3)cc1. The summed E-state index contributed by atoms with van der Waals surface area (Å²) in [5, 5.41) is 5.81. The Morgan fingerprint density at radius 1 is 1.15 bits per heavy atom. The Morgan fingerprint density at radius 2 is 1.89 bits per heavy atom. The first-order valence-corrected chi connectivity index (χ1v) is 8.97. The minimum Gasteiger partial charge on any atom is -0.497 e. The highest BCUT2D eigenvalue weighted by molar-refractivity contribution is 6.04. The van der Waals surface area contributed by atoms with E-state index in [-0.39, 0.29) is 23.8 Å². The second-order valence-corrected chi connectivity index (χ2v) is 6.88. The zero-order valence-corrected chi connectivity index (χ0v) is 15.7. The van der Waals surface area contributed by atoms with Crippen LogP contribution in [-0.2, 0) is 11.2 Å². The van der Waals surface area contributed by atoms with Gasteiger partial charge in [0, 0.05) is 17.3 Å². The molecule has 142 valence electrons. The largest absolute Gasteiger partial charge is 0.497 e. The molecule has 1 aliphatic rings. The number of anilines is 1. The first kappa shape index (κ1) is 18.8. The Morgan fingerprint density at radius 3 is 2.56 bits per heavy atom. The van der Waals surface area contributed by atoms with E-state index < -0.39 is 0 Å². The molecule has 2 N–H and O–H groups in total. The summed E-state index contributed by atoms with van der Waals surface area (Å²) in [5.41, 5.74) is 2.12. The van der Waals surface area contributed by atoms with Gasteiger partial charge in [0.05, 0.1) is 13.0 Å². The molecular weight excluding hydrogens is 344 g/mol. The molecule has 1 aliphatic heterocycles. The average Bonchev–Trinajstić information content (AvgIpc) is 2.67. The van der Waals surface area contributed by atoms with Crippen LogP contribution in [0.4, 0.5) is 5.69 Å². The van der Waals surface area contributed by atoms with Crippen molar-refractivity contribution in [2.45, 2.75) is 26.3 Å². The van der Waals surface area contributed by atoms with Crippen molar-refractivity contribution >= 4 is 17.5 Å². The van der Waals surface area contributed by atoms with Gasteiger partial charge in [0.25, 0.3) is 5.91 Å². The minimum atomic E-state index is -0.229. The van der Waals surface area contributed by atoms with Crippen LogP contribution >= 0.6 is 0 Å². The summed E-state index contributed by atoms with van der Waals surface area (Å²) < 4.78 is 10.8. The van der Waals surface area contributed by atoms with Gasteiger partial charge in [-0.1, -0.05) is 0 Å². The van der Waals surface area contributed by atoms with E-state index in [2.05, 4.69) is 10.6 Å². The fourth-order valence-electron chi connectivity index (χ4n) is 2.99. The van der Waals surface area contributed by atoms with Gasteiger partial charge in [-0.3, -0.25) is 9.59 Å². The molecule has 0 unspecified atom stereocenters. The minimum absolute atomic E-state index is 0.0108. The standard InChI is InChI=1S/C21H24N2O4/c1-13(2)22-21(25)16-10-15-11-17(6-9-19(15)27-12-16)23-20(24)14-4-7-18(26-3)8-5-14/h4-9,11,13,16H,10,12H2,1-3H3,(H,22,25)(H,23,24)/t16-/m1/s1. The van der Waals surface area contributed by atoms with Gasteiger partial charge in [0.1, 0.15) is 18.1 Å². The van der Waals surface area contributed by atoms with Crippen molar-refractivity contribution in [3.05, 3.63) is 53.6 Å². The van der Waals surface area contributed by atoms with Crippen LogP contribution in [-0.4, -0.2) is 31.6 Å². The maximum absolute atomic E-state index is 12.4. The monoisotopic (exact) mass is 368 g/mol. The Hall–Kier alpha value is -3.02. The van der Waals surface area contributed by atoms with Crippen LogP contribution in [0.2, 0.25) is 0 Å². The van der Waals surface area contributed by atoms with Crippen molar-refractivity contribution in [1.29, 1.82) is 0 Å². The molecule has 0 radical (unpaired) electrons.